The molecule has 5 nitrogen and oxygen atoms in total. The van der Waals surface area contributed by atoms with Crippen molar-refractivity contribution in [2.24, 2.45) is 5.73 Å². The lowest BCUT2D eigenvalue weighted by Gasteiger charge is -2.35. The van der Waals surface area contributed by atoms with Gasteiger partial charge in [0.2, 0.25) is 0 Å². The Hall–Kier alpha value is -0.950. The highest BCUT2D eigenvalue weighted by molar-refractivity contribution is 7.85. The van der Waals surface area contributed by atoms with E-state index in [1.54, 1.807) is 6.07 Å². The summed E-state index contributed by atoms with van der Waals surface area (Å²) in [5, 5.41) is 0. The van der Waals surface area contributed by atoms with Crippen LogP contribution in [0.15, 0.2) is 23.1 Å². The van der Waals surface area contributed by atoms with E-state index in [2.05, 4.69) is 0 Å². The Labute approximate surface area is 115 Å². The minimum atomic E-state index is -4.41. The summed E-state index contributed by atoms with van der Waals surface area (Å²) in [4.78, 5) is -0.182. The third kappa shape index (κ3) is 4.01. The third-order valence-corrected chi connectivity index (χ3v) is 4.33. The van der Waals surface area contributed by atoms with Crippen LogP contribution < -0.4 is 5.73 Å². The molecule has 0 aliphatic rings. The van der Waals surface area contributed by atoms with Crippen molar-refractivity contribution in [1.29, 1.82) is 0 Å². The van der Waals surface area contributed by atoms with Gasteiger partial charge in [-0.1, -0.05) is 13.0 Å². The van der Waals surface area contributed by atoms with Gasteiger partial charge in [-0.25, -0.2) is 8.42 Å². The zero-order chi connectivity index (χ0) is 14.8. The van der Waals surface area contributed by atoms with E-state index in [-0.39, 0.29) is 11.1 Å². The molecule has 1 aromatic rings. The molecule has 0 radical (unpaired) electrons. The van der Waals surface area contributed by atoms with E-state index in [0.29, 0.717) is 11.0 Å². The molecular weight excluding hydrogens is 264 g/mol. The highest BCUT2D eigenvalue weighted by Crippen LogP contribution is 2.20. The van der Waals surface area contributed by atoms with Crippen LogP contribution in [0.25, 0.3) is 0 Å². The summed E-state index contributed by atoms with van der Waals surface area (Å²) < 4.78 is 33.7. The topological polar surface area (TPSA) is 83.2 Å². The highest BCUT2D eigenvalue weighted by Gasteiger charge is 2.24. The molecule has 19 heavy (non-hydrogen) atoms. The van der Waals surface area contributed by atoms with Crippen LogP contribution in [0.5, 0.6) is 0 Å². The Kier molecular flexibility index (Phi) is 4.73. The summed E-state index contributed by atoms with van der Waals surface area (Å²) in [7, 11) is -0.428. The van der Waals surface area contributed by atoms with Crippen molar-refractivity contribution in [3.8, 4) is 0 Å². The molecule has 1 aromatic carbocycles. The van der Waals surface area contributed by atoms with Gasteiger partial charge in [-0.05, 0) is 24.6 Å². The fourth-order valence-electron chi connectivity index (χ4n) is 2.02. The van der Waals surface area contributed by atoms with E-state index < -0.39 is 10.1 Å². The maximum Gasteiger partial charge on any atom is 0.139 e. The molecular formula is C13H22N2O3S. The summed E-state index contributed by atoms with van der Waals surface area (Å²) in [6.07, 6.45) is 0.790. The molecule has 0 aliphatic heterocycles. The Morgan fingerprint density at radius 2 is 1.95 bits per heavy atom. The quantitative estimate of drug-likeness (QED) is 0.500. The molecule has 2 N–H and O–H groups in total. The number of aryl methyl sites for hydroxylation is 1. The van der Waals surface area contributed by atoms with Crippen molar-refractivity contribution >= 4 is 10.1 Å². The largest absolute Gasteiger partial charge is 0.744 e. The molecule has 6 heteroatoms. The summed E-state index contributed by atoms with van der Waals surface area (Å²) in [5.74, 6) is 0. The lowest BCUT2D eigenvalue weighted by Crippen LogP contribution is -2.52. The van der Waals surface area contributed by atoms with E-state index in [1.165, 1.54) is 12.1 Å². The van der Waals surface area contributed by atoms with E-state index in [9.17, 15) is 13.0 Å². The van der Waals surface area contributed by atoms with Gasteiger partial charge in [0.15, 0.2) is 0 Å². The zero-order valence-corrected chi connectivity index (χ0v) is 12.7. The van der Waals surface area contributed by atoms with Crippen molar-refractivity contribution in [3.05, 3.63) is 29.3 Å². The second-order valence-corrected chi connectivity index (χ2v) is 6.83. The van der Waals surface area contributed by atoms with Gasteiger partial charge in [-0.15, -0.1) is 0 Å². The van der Waals surface area contributed by atoms with Crippen LogP contribution in [0.2, 0.25) is 0 Å². The van der Waals surface area contributed by atoms with Crippen LogP contribution in [-0.2, 0) is 16.7 Å². The number of quaternary nitrogens is 1. The van der Waals surface area contributed by atoms with Crippen molar-refractivity contribution in [2.75, 3.05) is 14.1 Å². The Morgan fingerprint density at radius 1 is 1.37 bits per heavy atom. The first-order valence-electron chi connectivity index (χ1n) is 6.21. The molecule has 1 unspecified atom stereocenters. The van der Waals surface area contributed by atoms with Crippen molar-refractivity contribution in [1.82, 2.24) is 0 Å². The predicted octanol–water partition coefficient (Wildman–Crippen LogP) is 1.17. The number of nitrogens with two attached hydrogens (primary N) is 1. The number of rotatable bonds is 5. The summed E-state index contributed by atoms with van der Waals surface area (Å²) in [6.45, 7) is 4.49. The Balaban J connectivity index is 3.14. The minimum absolute atomic E-state index is 0.0353. The smallest absolute Gasteiger partial charge is 0.139 e. The molecule has 0 fully saturated rings. The van der Waals surface area contributed by atoms with Crippen LogP contribution in [0, 0.1) is 6.92 Å². The van der Waals surface area contributed by atoms with Crippen LogP contribution in [0.3, 0.4) is 0 Å². The molecule has 1 atom stereocenters. The summed E-state index contributed by atoms with van der Waals surface area (Å²) >= 11 is 0. The average molecular weight is 286 g/mol. The SMILES string of the molecule is CCC(N)[N+](C)(C)Cc1cc(S(=O)(=O)[O-])ccc1C. The van der Waals surface area contributed by atoms with E-state index in [4.69, 9.17) is 5.73 Å². The molecule has 0 aliphatic carbocycles. The lowest BCUT2D eigenvalue weighted by molar-refractivity contribution is -0.928. The van der Waals surface area contributed by atoms with E-state index in [0.717, 1.165) is 17.5 Å². The van der Waals surface area contributed by atoms with Crippen LogP contribution >= 0.6 is 0 Å². The number of nitrogens with zero attached hydrogens (tertiary/aromatic N) is 1. The summed E-state index contributed by atoms with van der Waals surface area (Å²) in [6, 6.07) is 4.47. The van der Waals surface area contributed by atoms with Crippen molar-refractivity contribution in [2.45, 2.75) is 37.9 Å². The van der Waals surface area contributed by atoms with Gasteiger partial charge in [0.05, 0.1) is 19.0 Å². The monoisotopic (exact) mass is 286 g/mol. The highest BCUT2D eigenvalue weighted by atomic mass is 32.2. The molecule has 0 saturated heterocycles. The first-order valence-corrected chi connectivity index (χ1v) is 7.62. The molecule has 0 bridgehead atoms. The van der Waals surface area contributed by atoms with E-state index in [1.807, 2.05) is 27.9 Å². The van der Waals surface area contributed by atoms with Gasteiger partial charge in [0.25, 0.3) is 0 Å². The second kappa shape index (κ2) is 5.58. The van der Waals surface area contributed by atoms with Crippen LogP contribution in [0.1, 0.15) is 24.5 Å². The number of hydrogen-bond acceptors (Lipinski definition) is 4. The fraction of sp³-hybridized carbons (Fsp3) is 0.538. The maximum absolute atomic E-state index is 11.1. The molecule has 0 saturated carbocycles. The van der Waals surface area contributed by atoms with Gasteiger partial charge in [0, 0.05) is 12.0 Å². The van der Waals surface area contributed by atoms with E-state index >= 15 is 0 Å². The minimum Gasteiger partial charge on any atom is -0.744 e. The molecule has 0 heterocycles. The molecule has 0 spiro atoms. The van der Waals surface area contributed by atoms with Crippen molar-refractivity contribution in [3.63, 3.8) is 0 Å². The standard InChI is InChI=1S/C13H22N2O3S/c1-5-13(14)15(3,4)9-11-8-12(19(16,17)18)7-6-10(11)2/h6-8,13H,5,9,14H2,1-4H3. The predicted molar refractivity (Wildman–Crippen MR) is 73.2 cm³/mol. The average Bonchev–Trinajstić information content (AvgIpc) is 2.29. The van der Waals surface area contributed by atoms with Gasteiger partial charge in [0.1, 0.15) is 22.8 Å². The number of benzene rings is 1. The number of hydrogen-bond donors (Lipinski definition) is 1. The summed E-state index contributed by atoms with van der Waals surface area (Å²) in [5.41, 5.74) is 7.86. The molecule has 0 amide bonds. The third-order valence-electron chi connectivity index (χ3n) is 3.50. The molecule has 1 rings (SSSR count). The van der Waals surface area contributed by atoms with Gasteiger partial charge in [-0.2, -0.15) is 0 Å². The zero-order valence-electron chi connectivity index (χ0n) is 11.9. The normalized spacial score (nSPS) is 14.4. The van der Waals surface area contributed by atoms with Crippen molar-refractivity contribution < 1.29 is 17.5 Å². The molecule has 0 aromatic heterocycles. The van der Waals surface area contributed by atoms with Gasteiger partial charge >= 0.3 is 0 Å². The Morgan fingerprint density at radius 3 is 2.42 bits per heavy atom. The lowest BCUT2D eigenvalue weighted by atomic mass is 10.1. The van der Waals surface area contributed by atoms with Gasteiger partial charge < -0.3 is 9.04 Å². The van der Waals surface area contributed by atoms with Crippen LogP contribution in [-0.4, -0.2) is 37.7 Å². The maximum atomic E-state index is 11.1. The van der Waals surface area contributed by atoms with Gasteiger partial charge in [-0.3, -0.25) is 5.73 Å². The Bertz CT molecular complexity index is 553. The fourth-order valence-corrected chi connectivity index (χ4v) is 2.55. The second-order valence-electron chi connectivity index (χ2n) is 5.45. The molecule has 108 valence electrons. The first-order chi connectivity index (χ1) is 8.58. The van der Waals surface area contributed by atoms with Crippen LogP contribution in [0.4, 0.5) is 0 Å². The first kappa shape index (κ1) is 16.1.